The van der Waals surface area contributed by atoms with Gasteiger partial charge in [0.05, 0.1) is 0 Å². The molecule has 2 N–H and O–H groups in total. The third-order valence-corrected chi connectivity index (χ3v) is 3.08. The lowest BCUT2D eigenvalue weighted by Crippen LogP contribution is -2.99. The van der Waals surface area contributed by atoms with Crippen LogP contribution in [0.3, 0.4) is 0 Å². The maximum atomic E-state index is 11.9. The van der Waals surface area contributed by atoms with Crippen LogP contribution in [0.2, 0.25) is 0 Å². The third-order valence-electron chi connectivity index (χ3n) is 3.08. The van der Waals surface area contributed by atoms with E-state index in [1.807, 2.05) is 18.2 Å². The fourth-order valence-electron chi connectivity index (χ4n) is 2.03. The summed E-state index contributed by atoms with van der Waals surface area (Å²) in [5, 5.41) is 18.9. The number of ether oxygens (including phenoxy) is 1. The maximum Gasteiger partial charge on any atom is 0.363 e. The molecule has 2 aromatic carbocycles. The number of carbonyl (C=O) groups excluding carboxylic acids is 1. The minimum absolute atomic E-state index is 0.140. The lowest BCUT2D eigenvalue weighted by molar-refractivity contribution is -0.991. The highest BCUT2D eigenvalue weighted by Crippen LogP contribution is 2.19. The highest BCUT2D eigenvalue weighted by atomic mass is 16.8. The molecule has 1 unspecified atom stereocenters. The zero-order chi connectivity index (χ0) is 15.5. The van der Waals surface area contributed by atoms with Gasteiger partial charge in [-0.15, -0.1) is 0 Å². The van der Waals surface area contributed by atoms with Crippen LogP contribution in [-0.4, -0.2) is 17.1 Å². The van der Waals surface area contributed by atoms with E-state index in [0.29, 0.717) is 11.1 Å². The molecule has 0 aromatic heterocycles. The SMILES string of the molecule is O=C1OC(c2ccccc2)=NC1=Cc1cccc([NH+]([O-])O)c1. The van der Waals surface area contributed by atoms with E-state index in [-0.39, 0.29) is 17.3 Å². The fourth-order valence-corrected chi connectivity index (χ4v) is 2.03. The second kappa shape index (κ2) is 5.90. The molecule has 0 aliphatic carbocycles. The van der Waals surface area contributed by atoms with E-state index < -0.39 is 11.2 Å². The zero-order valence-corrected chi connectivity index (χ0v) is 11.4. The van der Waals surface area contributed by atoms with E-state index in [1.54, 1.807) is 24.3 Å². The van der Waals surface area contributed by atoms with Crippen LogP contribution in [0.4, 0.5) is 5.69 Å². The topological polar surface area (TPSA) is 86.4 Å². The molecule has 1 atom stereocenters. The monoisotopic (exact) mass is 296 g/mol. The Kier molecular flexibility index (Phi) is 3.80. The first-order chi connectivity index (χ1) is 10.6. The predicted molar refractivity (Wildman–Crippen MR) is 79.3 cm³/mol. The van der Waals surface area contributed by atoms with E-state index in [2.05, 4.69) is 4.99 Å². The number of carbonyl (C=O) groups is 1. The number of nitrogens with one attached hydrogen (secondary N) is 1. The van der Waals surface area contributed by atoms with Crippen LogP contribution in [0.25, 0.3) is 6.08 Å². The van der Waals surface area contributed by atoms with Gasteiger partial charge >= 0.3 is 5.97 Å². The van der Waals surface area contributed by atoms with Crippen molar-refractivity contribution in [1.29, 1.82) is 0 Å². The maximum absolute atomic E-state index is 11.9. The van der Waals surface area contributed by atoms with E-state index in [4.69, 9.17) is 9.94 Å². The number of cyclic esters (lactones) is 1. The molecule has 0 saturated heterocycles. The van der Waals surface area contributed by atoms with Crippen LogP contribution < -0.4 is 5.23 Å². The second-order valence-corrected chi connectivity index (χ2v) is 4.63. The Morgan fingerprint density at radius 2 is 1.91 bits per heavy atom. The highest BCUT2D eigenvalue weighted by Gasteiger charge is 2.23. The molecule has 0 saturated carbocycles. The number of esters is 1. The molecule has 1 heterocycles. The van der Waals surface area contributed by atoms with Crippen LogP contribution in [0, 0.1) is 5.21 Å². The number of benzene rings is 2. The number of rotatable bonds is 3. The molecule has 6 heteroatoms. The molecular weight excluding hydrogens is 284 g/mol. The average molecular weight is 296 g/mol. The third kappa shape index (κ3) is 2.94. The fraction of sp³-hybridized carbons (Fsp3) is 0. The smallest absolute Gasteiger partial charge is 0.363 e. The summed E-state index contributed by atoms with van der Waals surface area (Å²) < 4.78 is 5.14. The summed E-state index contributed by atoms with van der Waals surface area (Å²) in [6.45, 7) is 0. The zero-order valence-electron chi connectivity index (χ0n) is 11.4. The largest absolute Gasteiger partial charge is 0.595 e. The Morgan fingerprint density at radius 3 is 2.64 bits per heavy atom. The van der Waals surface area contributed by atoms with Crippen molar-refractivity contribution in [3.63, 3.8) is 0 Å². The Balaban J connectivity index is 1.93. The molecule has 1 aliphatic heterocycles. The molecule has 1 aliphatic rings. The molecule has 0 fully saturated rings. The van der Waals surface area contributed by atoms with Gasteiger partial charge in [-0.1, -0.05) is 30.3 Å². The van der Waals surface area contributed by atoms with E-state index in [1.165, 1.54) is 18.2 Å². The molecule has 0 radical (unpaired) electrons. The van der Waals surface area contributed by atoms with Crippen LogP contribution in [0.5, 0.6) is 0 Å². The van der Waals surface area contributed by atoms with Gasteiger partial charge in [0, 0.05) is 17.7 Å². The lowest BCUT2D eigenvalue weighted by atomic mass is 10.1. The van der Waals surface area contributed by atoms with E-state index >= 15 is 0 Å². The first-order valence-electron chi connectivity index (χ1n) is 6.55. The summed E-state index contributed by atoms with van der Waals surface area (Å²) in [5.74, 6) is -0.314. The van der Waals surface area contributed by atoms with Gasteiger partial charge in [-0.2, -0.15) is 5.23 Å². The van der Waals surface area contributed by atoms with Gasteiger partial charge in [0.2, 0.25) is 5.90 Å². The molecule has 0 bridgehead atoms. The van der Waals surface area contributed by atoms with Crippen molar-refractivity contribution < 1.29 is 20.0 Å². The standard InChI is InChI=1S/C16H12N2O4/c19-16-14(10-11-5-4-8-13(9-11)18(20)21)17-15(22-16)12-6-2-1-3-7-12/h1-10,18,20H. The molecule has 22 heavy (non-hydrogen) atoms. The van der Waals surface area contributed by atoms with Crippen molar-refractivity contribution in [3.8, 4) is 0 Å². The highest BCUT2D eigenvalue weighted by molar-refractivity contribution is 6.12. The van der Waals surface area contributed by atoms with Gasteiger partial charge in [0.1, 0.15) is 0 Å². The molecular formula is C16H12N2O4. The minimum atomic E-state index is -1.03. The van der Waals surface area contributed by atoms with E-state index in [9.17, 15) is 10.0 Å². The van der Waals surface area contributed by atoms with Crippen molar-refractivity contribution in [1.82, 2.24) is 0 Å². The van der Waals surface area contributed by atoms with Crippen LogP contribution in [0.1, 0.15) is 11.1 Å². The summed E-state index contributed by atoms with van der Waals surface area (Å²) in [7, 11) is 0. The second-order valence-electron chi connectivity index (χ2n) is 4.63. The van der Waals surface area contributed by atoms with Crippen molar-refractivity contribution in [2.24, 2.45) is 4.99 Å². The van der Waals surface area contributed by atoms with Gasteiger partial charge in [-0.3, -0.25) is 0 Å². The summed E-state index contributed by atoms with van der Waals surface area (Å²) >= 11 is 0. The van der Waals surface area contributed by atoms with Gasteiger partial charge < -0.3 is 9.94 Å². The quantitative estimate of drug-likeness (QED) is 0.510. The average Bonchev–Trinajstić information content (AvgIpc) is 2.89. The van der Waals surface area contributed by atoms with Crippen LogP contribution >= 0.6 is 0 Å². The Morgan fingerprint density at radius 1 is 1.14 bits per heavy atom. The Labute approximate surface area is 126 Å². The minimum Gasteiger partial charge on any atom is -0.595 e. The summed E-state index contributed by atoms with van der Waals surface area (Å²) in [6.07, 6.45) is 1.50. The van der Waals surface area contributed by atoms with Crippen molar-refractivity contribution in [2.45, 2.75) is 0 Å². The normalized spacial score (nSPS) is 17.3. The Hall–Kier alpha value is -2.80. The van der Waals surface area contributed by atoms with Gasteiger partial charge in [0.15, 0.2) is 11.4 Å². The number of quaternary nitrogens is 1. The summed E-state index contributed by atoms with van der Waals surface area (Å²) in [6, 6.07) is 15.3. The summed E-state index contributed by atoms with van der Waals surface area (Å²) in [5.41, 5.74) is 1.57. The number of hydrogen-bond donors (Lipinski definition) is 2. The first-order valence-corrected chi connectivity index (χ1v) is 6.55. The van der Waals surface area contributed by atoms with Crippen LogP contribution in [-0.2, 0) is 9.53 Å². The molecule has 2 aromatic rings. The van der Waals surface area contributed by atoms with Gasteiger partial charge in [0.25, 0.3) is 0 Å². The summed E-state index contributed by atoms with van der Waals surface area (Å²) in [4.78, 5) is 16.0. The van der Waals surface area contributed by atoms with Gasteiger partial charge in [-0.25, -0.2) is 15.0 Å². The van der Waals surface area contributed by atoms with Crippen molar-refractivity contribution in [3.05, 3.63) is 76.6 Å². The number of nitrogens with zero attached hydrogens (tertiary/aromatic N) is 1. The molecule has 3 rings (SSSR count). The number of hydrogen-bond acceptors (Lipinski definition) is 5. The predicted octanol–water partition coefficient (Wildman–Crippen LogP) is 1.43. The Bertz CT molecular complexity index is 767. The molecule has 110 valence electrons. The van der Waals surface area contributed by atoms with Crippen molar-refractivity contribution in [2.75, 3.05) is 0 Å². The lowest BCUT2D eigenvalue weighted by Gasteiger charge is -2.11. The molecule has 6 nitrogen and oxygen atoms in total. The molecule has 0 amide bonds. The van der Waals surface area contributed by atoms with Crippen molar-refractivity contribution >= 4 is 23.6 Å². The van der Waals surface area contributed by atoms with E-state index in [0.717, 1.165) is 0 Å². The molecule has 0 spiro atoms. The first kappa shape index (κ1) is 14.2. The van der Waals surface area contributed by atoms with Gasteiger partial charge in [-0.05, 0) is 23.8 Å². The number of aliphatic imine (C=N–C) groups is 1. The van der Waals surface area contributed by atoms with Crippen LogP contribution in [0.15, 0.2) is 65.3 Å².